The molecule has 1 aliphatic heterocycles. The molecule has 0 aliphatic carbocycles. The first-order valence-electron chi connectivity index (χ1n) is 6.59. The fourth-order valence-electron chi connectivity index (χ4n) is 2.43. The molecule has 21 heavy (non-hydrogen) atoms. The molecule has 1 fully saturated rings. The molecular formula is C13H15N3O3S2. The fraction of sp³-hybridized carbons (Fsp3) is 0.385. The molecule has 0 spiro atoms. The highest BCUT2D eigenvalue weighted by Crippen LogP contribution is 2.32. The highest BCUT2D eigenvalue weighted by molar-refractivity contribution is 7.91. The normalized spacial score (nSPS) is 18.7. The molecule has 3 rings (SSSR count). The molecule has 1 saturated heterocycles. The smallest absolute Gasteiger partial charge is 0.263 e. The van der Waals surface area contributed by atoms with Crippen molar-refractivity contribution in [1.29, 1.82) is 0 Å². The molecule has 6 nitrogen and oxygen atoms in total. The summed E-state index contributed by atoms with van der Waals surface area (Å²) < 4.78 is 23.6. The summed E-state index contributed by atoms with van der Waals surface area (Å²) in [4.78, 5) is 16.8. The summed E-state index contributed by atoms with van der Waals surface area (Å²) >= 11 is 1.30. The maximum absolute atomic E-state index is 12.3. The second-order valence-corrected chi connectivity index (χ2v) is 8.47. The highest BCUT2D eigenvalue weighted by Gasteiger charge is 2.26. The van der Waals surface area contributed by atoms with E-state index in [0.717, 1.165) is 10.1 Å². The minimum Gasteiger partial charge on any atom is -0.397 e. The molecule has 0 saturated carbocycles. The Kier molecular flexibility index (Phi) is 3.58. The van der Waals surface area contributed by atoms with Crippen molar-refractivity contribution in [2.75, 3.05) is 17.2 Å². The molecule has 2 aromatic rings. The van der Waals surface area contributed by atoms with Gasteiger partial charge in [-0.15, -0.1) is 11.3 Å². The number of hydrogen-bond acceptors (Lipinski definition) is 6. The molecule has 2 aromatic heterocycles. The van der Waals surface area contributed by atoms with Gasteiger partial charge in [0.25, 0.3) is 5.91 Å². The fourth-order valence-corrected chi connectivity index (χ4v) is 4.91. The lowest BCUT2D eigenvalue weighted by Crippen LogP contribution is -2.40. The molecule has 0 atom stereocenters. The second-order valence-electron chi connectivity index (χ2n) is 5.12. The number of fused-ring (bicyclic) bond motifs is 1. The number of carbonyl (C=O) groups is 1. The van der Waals surface area contributed by atoms with Gasteiger partial charge in [0.15, 0.2) is 0 Å². The number of amides is 1. The van der Waals surface area contributed by atoms with Crippen LogP contribution in [0.1, 0.15) is 22.5 Å². The van der Waals surface area contributed by atoms with Crippen LogP contribution in [0.15, 0.2) is 18.5 Å². The van der Waals surface area contributed by atoms with Crippen molar-refractivity contribution in [3.8, 4) is 0 Å². The summed E-state index contributed by atoms with van der Waals surface area (Å²) in [6.45, 7) is 0. The number of carbonyl (C=O) groups excluding carboxylic acids is 1. The van der Waals surface area contributed by atoms with Gasteiger partial charge < -0.3 is 11.1 Å². The van der Waals surface area contributed by atoms with Crippen LogP contribution in [-0.4, -0.2) is 36.9 Å². The Morgan fingerprint density at radius 1 is 1.38 bits per heavy atom. The molecule has 3 heterocycles. The predicted molar refractivity (Wildman–Crippen MR) is 83.2 cm³/mol. The number of pyridine rings is 1. The van der Waals surface area contributed by atoms with Crippen LogP contribution in [-0.2, 0) is 9.84 Å². The zero-order valence-corrected chi connectivity index (χ0v) is 12.8. The van der Waals surface area contributed by atoms with Crippen LogP contribution < -0.4 is 11.1 Å². The first-order chi connectivity index (χ1) is 9.96. The van der Waals surface area contributed by atoms with Crippen LogP contribution in [0.25, 0.3) is 10.1 Å². The summed E-state index contributed by atoms with van der Waals surface area (Å²) in [5.41, 5.74) is 6.47. The van der Waals surface area contributed by atoms with Gasteiger partial charge in [-0.2, -0.15) is 0 Å². The third-order valence-electron chi connectivity index (χ3n) is 3.63. The lowest BCUT2D eigenvalue weighted by molar-refractivity contribution is 0.0939. The maximum Gasteiger partial charge on any atom is 0.263 e. The Labute approximate surface area is 126 Å². The average molecular weight is 325 g/mol. The van der Waals surface area contributed by atoms with Gasteiger partial charge in [0.2, 0.25) is 0 Å². The Hall–Kier alpha value is -1.67. The standard InChI is InChI=1S/C13H15N3O3S2/c14-11-9-1-4-15-7-10(9)20-12(11)13(17)16-8-2-5-21(18,19)6-3-8/h1,4,7-8H,2-3,5-6,14H2,(H,16,17). The number of sulfone groups is 1. The van der Waals surface area contributed by atoms with Crippen LogP contribution in [0.5, 0.6) is 0 Å². The maximum atomic E-state index is 12.3. The monoisotopic (exact) mass is 325 g/mol. The van der Waals surface area contributed by atoms with E-state index in [4.69, 9.17) is 5.73 Å². The third-order valence-corrected chi connectivity index (χ3v) is 6.50. The van der Waals surface area contributed by atoms with Crippen molar-refractivity contribution >= 4 is 42.9 Å². The van der Waals surface area contributed by atoms with E-state index in [-0.39, 0.29) is 23.5 Å². The van der Waals surface area contributed by atoms with Gasteiger partial charge in [0.1, 0.15) is 14.7 Å². The first kappa shape index (κ1) is 14.3. The number of nitrogen functional groups attached to an aromatic ring is 1. The summed E-state index contributed by atoms with van der Waals surface area (Å²) in [5.74, 6) is 0.0195. The van der Waals surface area contributed by atoms with Crippen molar-refractivity contribution in [2.45, 2.75) is 18.9 Å². The van der Waals surface area contributed by atoms with Crippen molar-refractivity contribution in [3.05, 3.63) is 23.3 Å². The quantitative estimate of drug-likeness (QED) is 0.863. The zero-order valence-electron chi connectivity index (χ0n) is 11.2. The van der Waals surface area contributed by atoms with E-state index in [1.165, 1.54) is 11.3 Å². The van der Waals surface area contributed by atoms with Gasteiger partial charge in [-0.1, -0.05) is 0 Å². The molecule has 1 aliphatic rings. The highest BCUT2D eigenvalue weighted by atomic mass is 32.2. The van der Waals surface area contributed by atoms with Crippen LogP contribution >= 0.6 is 11.3 Å². The van der Waals surface area contributed by atoms with E-state index in [1.807, 2.05) is 0 Å². The number of nitrogens with one attached hydrogen (secondary N) is 1. The van der Waals surface area contributed by atoms with Crippen molar-refractivity contribution in [1.82, 2.24) is 10.3 Å². The van der Waals surface area contributed by atoms with E-state index in [0.29, 0.717) is 23.4 Å². The minimum absolute atomic E-state index is 0.108. The first-order valence-corrected chi connectivity index (χ1v) is 9.23. The number of thiophene rings is 1. The third kappa shape index (κ3) is 2.86. The predicted octanol–water partition coefficient (Wildman–Crippen LogP) is 1.19. The molecule has 1 amide bonds. The largest absolute Gasteiger partial charge is 0.397 e. The van der Waals surface area contributed by atoms with E-state index >= 15 is 0 Å². The number of nitrogens with zero attached hydrogens (tertiary/aromatic N) is 1. The van der Waals surface area contributed by atoms with E-state index in [2.05, 4.69) is 10.3 Å². The Balaban J connectivity index is 1.77. The zero-order chi connectivity index (χ0) is 15.0. The molecule has 0 unspecified atom stereocenters. The van der Waals surface area contributed by atoms with Gasteiger partial charge in [-0.25, -0.2) is 8.42 Å². The van der Waals surface area contributed by atoms with Gasteiger partial charge in [-0.3, -0.25) is 9.78 Å². The lowest BCUT2D eigenvalue weighted by atomic mass is 10.1. The number of rotatable bonds is 2. The van der Waals surface area contributed by atoms with Crippen LogP contribution in [0.2, 0.25) is 0 Å². The van der Waals surface area contributed by atoms with E-state index < -0.39 is 9.84 Å². The van der Waals surface area contributed by atoms with Gasteiger partial charge >= 0.3 is 0 Å². The molecule has 8 heteroatoms. The number of aromatic nitrogens is 1. The SMILES string of the molecule is Nc1c(C(=O)NC2CCS(=O)(=O)CC2)sc2cnccc12. The summed E-state index contributed by atoms with van der Waals surface area (Å²) in [6, 6.07) is 1.68. The number of anilines is 1. The Morgan fingerprint density at radius 3 is 2.76 bits per heavy atom. The van der Waals surface area contributed by atoms with Crippen molar-refractivity contribution < 1.29 is 13.2 Å². The molecule has 0 radical (unpaired) electrons. The molecular weight excluding hydrogens is 310 g/mol. The summed E-state index contributed by atoms with van der Waals surface area (Å²) in [7, 11) is -2.93. The van der Waals surface area contributed by atoms with Gasteiger partial charge in [0.05, 0.1) is 21.9 Å². The van der Waals surface area contributed by atoms with Gasteiger partial charge in [0, 0.05) is 23.8 Å². The van der Waals surface area contributed by atoms with E-state index in [9.17, 15) is 13.2 Å². The van der Waals surface area contributed by atoms with Crippen molar-refractivity contribution in [3.63, 3.8) is 0 Å². The van der Waals surface area contributed by atoms with E-state index in [1.54, 1.807) is 18.5 Å². The average Bonchev–Trinajstić information content (AvgIpc) is 2.79. The van der Waals surface area contributed by atoms with Crippen LogP contribution in [0, 0.1) is 0 Å². The van der Waals surface area contributed by atoms with Crippen molar-refractivity contribution in [2.24, 2.45) is 0 Å². The lowest BCUT2D eigenvalue weighted by Gasteiger charge is -2.22. The molecule has 0 bridgehead atoms. The molecule has 0 aromatic carbocycles. The molecule has 112 valence electrons. The summed E-state index contributed by atoms with van der Waals surface area (Å²) in [6.07, 6.45) is 4.24. The topological polar surface area (TPSA) is 102 Å². The Morgan fingerprint density at radius 2 is 2.10 bits per heavy atom. The minimum atomic E-state index is -2.93. The Bertz CT molecular complexity index is 784. The number of hydrogen-bond donors (Lipinski definition) is 2. The van der Waals surface area contributed by atoms with Gasteiger partial charge in [-0.05, 0) is 18.9 Å². The number of nitrogens with two attached hydrogens (primary N) is 1. The molecule has 3 N–H and O–H groups in total. The van der Waals surface area contributed by atoms with Crippen LogP contribution in [0.3, 0.4) is 0 Å². The van der Waals surface area contributed by atoms with Crippen LogP contribution in [0.4, 0.5) is 5.69 Å². The second kappa shape index (κ2) is 5.27. The summed E-state index contributed by atoms with van der Waals surface area (Å²) in [5, 5.41) is 3.71.